The van der Waals surface area contributed by atoms with Crippen LogP contribution in [0.3, 0.4) is 0 Å². The van der Waals surface area contributed by atoms with E-state index in [0.29, 0.717) is 0 Å². The summed E-state index contributed by atoms with van der Waals surface area (Å²) in [4.78, 5) is 0. The van der Waals surface area contributed by atoms with Crippen LogP contribution in [0.5, 0.6) is 0 Å². The molecular weight excluding hydrogens is 216 g/mol. The van der Waals surface area contributed by atoms with Gasteiger partial charge < -0.3 is 0 Å². The van der Waals surface area contributed by atoms with Crippen molar-refractivity contribution >= 4 is 11.1 Å². The van der Waals surface area contributed by atoms with Crippen molar-refractivity contribution in [3.05, 3.63) is 83.4 Å². The quantitative estimate of drug-likeness (QED) is 0.699. The summed E-state index contributed by atoms with van der Waals surface area (Å²) in [7, 11) is 0. The minimum Gasteiger partial charge on any atom is -0.0622 e. The zero-order chi connectivity index (χ0) is 12.4. The first kappa shape index (κ1) is 11.0. The molecule has 0 fully saturated rings. The molecule has 0 unspecified atom stereocenters. The summed E-state index contributed by atoms with van der Waals surface area (Å²) in [5.74, 6) is 0. The van der Waals surface area contributed by atoms with Crippen LogP contribution in [0.15, 0.2) is 66.2 Å². The molecule has 0 bridgehead atoms. The summed E-state index contributed by atoms with van der Waals surface area (Å²) >= 11 is 0. The van der Waals surface area contributed by atoms with Gasteiger partial charge in [-0.25, -0.2) is 0 Å². The number of benzene rings is 2. The van der Waals surface area contributed by atoms with Gasteiger partial charge in [0.05, 0.1) is 0 Å². The predicted octanol–water partition coefficient (Wildman–Crippen LogP) is 4.75. The number of hydrogen-bond acceptors (Lipinski definition) is 0. The summed E-state index contributed by atoms with van der Waals surface area (Å²) in [5.41, 5.74) is 6.59. The van der Waals surface area contributed by atoms with Crippen LogP contribution in [0.4, 0.5) is 0 Å². The molecule has 2 aromatic rings. The molecule has 2 aromatic carbocycles. The molecule has 18 heavy (non-hydrogen) atoms. The van der Waals surface area contributed by atoms with Crippen molar-refractivity contribution in [2.75, 3.05) is 0 Å². The standard InChI is InChI=1S/C18H15/c1-14-17(15-8-4-2-5-9-15)12-13-18(14)16-10-6-3-7-11-16/h2-11H,12H2,1H3. The van der Waals surface area contributed by atoms with Gasteiger partial charge in [-0.1, -0.05) is 60.7 Å². The van der Waals surface area contributed by atoms with Gasteiger partial charge >= 0.3 is 0 Å². The van der Waals surface area contributed by atoms with Crippen molar-refractivity contribution in [3.8, 4) is 0 Å². The maximum absolute atomic E-state index is 3.51. The van der Waals surface area contributed by atoms with Crippen molar-refractivity contribution in [2.45, 2.75) is 13.3 Å². The first-order valence-corrected chi connectivity index (χ1v) is 6.28. The van der Waals surface area contributed by atoms with E-state index in [-0.39, 0.29) is 0 Å². The lowest BCUT2D eigenvalue weighted by Crippen LogP contribution is -1.86. The summed E-state index contributed by atoms with van der Waals surface area (Å²) in [6.07, 6.45) is 4.43. The largest absolute Gasteiger partial charge is 0.0622 e. The van der Waals surface area contributed by atoms with E-state index in [2.05, 4.69) is 73.7 Å². The number of allylic oxidation sites excluding steroid dienone is 4. The third kappa shape index (κ3) is 1.91. The second kappa shape index (κ2) is 4.66. The van der Waals surface area contributed by atoms with Crippen LogP contribution in [-0.4, -0.2) is 0 Å². The molecule has 3 rings (SSSR count). The van der Waals surface area contributed by atoms with Gasteiger partial charge in [0, 0.05) is 0 Å². The van der Waals surface area contributed by atoms with Crippen LogP contribution in [0.1, 0.15) is 24.5 Å². The second-order valence-electron chi connectivity index (χ2n) is 4.56. The minimum atomic E-state index is 0.917. The molecule has 0 saturated heterocycles. The lowest BCUT2D eigenvalue weighted by atomic mass is 9.97. The zero-order valence-corrected chi connectivity index (χ0v) is 10.5. The van der Waals surface area contributed by atoms with Gasteiger partial charge in [-0.05, 0) is 47.3 Å². The summed E-state index contributed by atoms with van der Waals surface area (Å²) in [6, 6.07) is 21.1. The van der Waals surface area contributed by atoms with E-state index in [1.807, 2.05) is 0 Å². The van der Waals surface area contributed by atoms with Crippen LogP contribution in [0, 0.1) is 6.08 Å². The van der Waals surface area contributed by atoms with Gasteiger partial charge in [-0.3, -0.25) is 0 Å². The van der Waals surface area contributed by atoms with E-state index in [1.165, 1.54) is 27.8 Å². The van der Waals surface area contributed by atoms with Gasteiger partial charge in [0.1, 0.15) is 0 Å². The predicted molar refractivity (Wildman–Crippen MR) is 76.7 cm³/mol. The SMILES string of the molecule is CC1=C(c2ccccc2)C[C]=C1c1ccccc1. The van der Waals surface area contributed by atoms with E-state index in [4.69, 9.17) is 0 Å². The van der Waals surface area contributed by atoms with Crippen LogP contribution < -0.4 is 0 Å². The highest BCUT2D eigenvalue weighted by Crippen LogP contribution is 2.37. The fourth-order valence-electron chi connectivity index (χ4n) is 2.47. The highest BCUT2D eigenvalue weighted by atomic mass is 14.2. The molecule has 0 amide bonds. The summed E-state index contributed by atoms with van der Waals surface area (Å²) in [5, 5.41) is 0. The normalized spacial score (nSPS) is 14.8. The van der Waals surface area contributed by atoms with Crippen LogP contribution in [0.25, 0.3) is 11.1 Å². The monoisotopic (exact) mass is 231 g/mol. The Hall–Kier alpha value is -2.08. The van der Waals surface area contributed by atoms with Crippen molar-refractivity contribution < 1.29 is 0 Å². The number of hydrogen-bond donors (Lipinski definition) is 0. The van der Waals surface area contributed by atoms with E-state index in [1.54, 1.807) is 0 Å². The molecule has 0 N–H and O–H groups in total. The fraction of sp³-hybridized carbons (Fsp3) is 0.111. The smallest absolute Gasteiger partial charge is 0.000764 e. The molecule has 0 spiro atoms. The number of rotatable bonds is 2. The van der Waals surface area contributed by atoms with Gasteiger partial charge in [0.2, 0.25) is 0 Å². The van der Waals surface area contributed by atoms with Crippen molar-refractivity contribution in [2.24, 2.45) is 0 Å². The first-order valence-electron chi connectivity index (χ1n) is 6.28. The zero-order valence-electron chi connectivity index (χ0n) is 10.5. The maximum Gasteiger partial charge on any atom is -0.000764 e. The molecule has 0 heteroatoms. The van der Waals surface area contributed by atoms with Crippen LogP contribution >= 0.6 is 0 Å². The van der Waals surface area contributed by atoms with Crippen molar-refractivity contribution in [1.82, 2.24) is 0 Å². The van der Waals surface area contributed by atoms with Gasteiger partial charge in [-0.15, -0.1) is 0 Å². The van der Waals surface area contributed by atoms with E-state index in [9.17, 15) is 0 Å². The molecule has 1 aliphatic rings. The molecule has 87 valence electrons. The summed E-state index contributed by atoms with van der Waals surface area (Å²) < 4.78 is 0. The first-order chi connectivity index (χ1) is 8.86. The van der Waals surface area contributed by atoms with Gasteiger partial charge in [0.15, 0.2) is 0 Å². The highest BCUT2D eigenvalue weighted by Gasteiger charge is 2.16. The fourth-order valence-corrected chi connectivity index (χ4v) is 2.47. The topological polar surface area (TPSA) is 0 Å². The maximum atomic E-state index is 3.51. The third-order valence-electron chi connectivity index (χ3n) is 3.45. The molecular formula is C18H15. The molecule has 1 radical (unpaired) electrons. The Morgan fingerprint density at radius 2 is 1.33 bits per heavy atom. The van der Waals surface area contributed by atoms with Crippen LogP contribution in [-0.2, 0) is 0 Å². The molecule has 0 aromatic heterocycles. The Morgan fingerprint density at radius 1 is 0.778 bits per heavy atom. The highest BCUT2D eigenvalue weighted by molar-refractivity contribution is 5.92. The Labute approximate surface area is 108 Å². The van der Waals surface area contributed by atoms with Gasteiger partial charge in [-0.2, -0.15) is 0 Å². The average Bonchev–Trinajstić information content (AvgIpc) is 2.83. The molecule has 0 heterocycles. The average molecular weight is 231 g/mol. The minimum absolute atomic E-state index is 0.917. The molecule has 0 atom stereocenters. The Kier molecular flexibility index (Phi) is 2.85. The van der Waals surface area contributed by atoms with E-state index < -0.39 is 0 Å². The third-order valence-corrected chi connectivity index (χ3v) is 3.45. The molecule has 0 saturated carbocycles. The van der Waals surface area contributed by atoms with Crippen LogP contribution in [0.2, 0.25) is 0 Å². The summed E-state index contributed by atoms with van der Waals surface area (Å²) in [6.45, 7) is 2.20. The second-order valence-corrected chi connectivity index (χ2v) is 4.56. The molecule has 0 aliphatic heterocycles. The Morgan fingerprint density at radius 3 is 1.94 bits per heavy atom. The lowest BCUT2D eigenvalue weighted by molar-refractivity contribution is 1.38. The van der Waals surface area contributed by atoms with Crippen molar-refractivity contribution in [1.29, 1.82) is 0 Å². The van der Waals surface area contributed by atoms with E-state index >= 15 is 0 Å². The Balaban J connectivity index is 2.00. The Bertz CT molecular complexity index is 558. The molecule has 0 nitrogen and oxygen atoms in total. The van der Waals surface area contributed by atoms with Crippen molar-refractivity contribution in [3.63, 3.8) is 0 Å². The van der Waals surface area contributed by atoms with Gasteiger partial charge in [0.25, 0.3) is 0 Å². The lowest BCUT2D eigenvalue weighted by Gasteiger charge is -2.07. The molecule has 1 aliphatic carbocycles. The van der Waals surface area contributed by atoms with E-state index in [0.717, 1.165) is 6.42 Å².